The molecule has 3 nitrogen and oxygen atoms in total. The molecule has 0 saturated carbocycles. The molecule has 0 aromatic carbocycles. The van der Waals surface area contributed by atoms with Crippen LogP contribution in [0.3, 0.4) is 0 Å². The fraction of sp³-hybridized carbons (Fsp3) is 0.750. The molecule has 0 unspecified atom stereocenters. The van der Waals surface area contributed by atoms with Gasteiger partial charge in [0, 0.05) is 12.7 Å². The van der Waals surface area contributed by atoms with Gasteiger partial charge >= 0.3 is 0 Å². The van der Waals surface area contributed by atoms with Crippen molar-refractivity contribution < 1.29 is 4.74 Å². The van der Waals surface area contributed by atoms with E-state index in [1.165, 1.54) is 3.57 Å². The number of hydrogen-bond donors (Lipinski definition) is 0. The highest BCUT2D eigenvalue weighted by atomic mass is 127. The van der Waals surface area contributed by atoms with Crippen LogP contribution in [0.1, 0.15) is 39.8 Å². The second-order valence-electron chi connectivity index (χ2n) is 4.57. The van der Waals surface area contributed by atoms with Crippen molar-refractivity contribution in [3.05, 3.63) is 15.5 Å². The molecule has 0 amide bonds. The maximum atomic E-state index is 5.70. The van der Waals surface area contributed by atoms with E-state index in [1.54, 1.807) is 0 Å². The van der Waals surface area contributed by atoms with E-state index in [-0.39, 0.29) is 0 Å². The van der Waals surface area contributed by atoms with Crippen molar-refractivity contribution in [3.8, 4) is 0 Å². The largest absolute Gasteiger partial charge is 0.372 e. The number of ether oxygens (including phenoxy) is 1. The normalized spacial score (nSPS) is 13.4. The van der Waals surface area contributed by atoms with Crippen LogP contribution in [0.15, 0.2) is 6.20 Å². The highest BCUT2D eigenvalue weighted by Crippen LogP contribution is 2.13. The van der Waals surface area contributed by atoms with Crippen LogP contribution in [-0.2, 0) is 17.9 Å². The van der Waals surface area contributed by atoms with Crippen LogP contribution in [0.25, 0.3) is 0 Å². The van der Waals surface area contributed by atoms with Gasteiger partial charge in [0.1, 0.15) is 5.69 Å². The minimum atomic E-state index is 0.311. The Balaban J connectivity index is 2.56. The molecule has 1 heterocycles. The Labute approximate surface area is 112 Å². The lowest BCUT2D eigenvalue weighted by atomic mass is 10.2. The molecule has 0 spiro atoms. The van der Waals surface area contributed by atoms with Gasteiger partial charge in [-0.25, -0.2) is 0 Å². The summed E-state index contributed by atoms with van der Waals surface area (Å²) in [4.78, 5) is 0. The third-order valence-corrected chi connectivity index (χ3v) is 3.32. The fourth-order valence-corrected chi connectivity index (χ4v) is 1.93. The van der Waals surface area contributed by atoms with Crippen LogP contribution in [0, 0.1) is 9.49 Å². The van der Waals surface area contributed by atoms with Crippen LogP contribution < -0.4 is 0 Å². The van der Waals surface area contributed by atoms with Crippen molar-refractivity contribution in [2.24, 2.45) is 5.92 Å². The lowest BCUT2D eigenvalue weighted by Gasteiger charge is -2.09. The van der Waals surface area contributed by atoms with Gasteiger partial charge in [0.15, 0.2) is 0 Å². The second kappa shape index (κ2) is 6.59. The lowest BCUT2D eigenvalue weighted by Crippen LogP contribution is -2.08. The van der Waals surface area contributed by atoms with Gasteiger partial charge in [0.25, 0.3) is 0 Å². The molecule has 16 heavy (non-hydrogen) atoms. The molecule has 0 aliphatic rings. The Morgan fingerprint density at radius 1 is 1.44 bits per heavy atom. The zero-order valence-electron chi connectivity index (χ0n) is 10.5. The van der Waals surface area contributed by atoms with Gasteiger partial charge in [-0.2, -0.15) is 5.10 Å². The first-order chi connectivity index (χ1) is 7.52. The van der Waals surface area contributed by atoms with E-state index in [1.807, 2.05) is 4.68 Å². The minimum Gasteiger partial charge on any atom is -0.372 e. The topological polar surface area (TPSA) is 27.1 Å². The Morgan fingerprint density at radius 3 is 2.69 bits per heavy atom. The Morgan fingerprint density at radius 2 is 2.12 bits per heavy atom. The average Bonchev–Trinajstić information content (AvgIpc) is 2.54. The molecular formula is C12H21IN2O. The first kappa shape index (κ1) is 14.0. The maximum Gasteiger partial charge on any atom is 0.101 e. The summed E-state index contributed by atoms with van der Waals surface area (Å²) in [6.07, 6.45) is 3.45. The van der Waals surface area contributed by atoms with Gasteiger partial charge in [-0.05, 0) is 41.9 Å². The van der Waals surface area contributed by atoms with E-state index in [4.69, 9.17) is 4.74 Å². The van der Waals surface area contributed by atoms with Crippen molar-refractivity contribution in [1.82, 2.24) is 9.78 Å². The van der Waals surface area contributed by atoms with Crippen molar-refractivity contribution >= 4 is 22.6 Å². The van der Waals surface area contributed by atoms with Gasteiger partial charge < -0.3 is 4.74 Å². The predicted octanol–water partition coefficient (Wildman–Crippen LogP) is 3.46. The van der Waals surface area contributed by atoms with Crippen molar-refractivity contribution in [3.63, 3.8) is 0 Å². The molecule has 0 aliphatic heterocycles. The molecule has 1 aromatic rings. The van der Waals surface area contributed by atoms with Gasteiger partial charge in [-0.3, -0.25) is 4.68 Å². The quantitative estimate of drug-likeness (QED) is 0.744. The summed E-state index contributed by atoms with van der Waals surface area (Å²) in [7, 11) is 0. The highest BCUT2D eigenvalue weighted by molar-refractivity contribution is 14.1. The molecule has 1 atom stereocenters. The summed E-state index contributed by atoms with van der Waals surface area (Å²) in [6, 6.07) is 0. The van der Waals surface area contributed by atoms with E-state index in [9.17, 15) is 0 Å². The van der Waals surface area contributed by atoms with E-state index >= 15 is 0 Å². The van der Waals surface area contributed by atoms with E-state index < -0.39 is 0 Å². The SMILES string of the molecule is CC[C@H](C)OCc1nn(CC(C)C)cc1I. The number of aromatic nitrogens is 2. The van der Waals surface area contributed by atoms with E-state index in [2.05, 4.69) is 61.6 Å². The van der Waals surface area contributed by atoms with Crippen molar-refractivity contribution in [2.75, 3.05) is 0 Å². The van der Waals surface area contributed by atoms with Crippen LogP contribution in [0.5, 0.6) is 0 Å². The molecule has 0 bridgehead atoms. The Hall–Kier alpha value is -0.100. The molecule has 0 radical (unpaired) electrons. The zero-order chi connectivity index (χ0) is 12.1. The zero-order valence-corrected chi connectivity index (χ0v) is 12.7. The van der Waals surface area contributed by atoms with Crippen LogP contribution >= 0.6 is 22.6 Å². The standard InChI is InChI=1S/C12H21IN2O/c1-5-10(4)16-8-12-11(13)7-15(14-12)6-9(2)3/h7,9-10H,5-6,8H2,1-4H3/t10-/m0/s1. The smallest absolute Gasteiger partial charge is 0.101 e. The molecule has 4 heteroatoms. The third-order valence-electron chi connectivity index (χ3n) is 2.42. The van der Waals surface area contributed by atoms with E-state index in [0.29, 0.717) is 18.6 Å². The van der Waals surface area contributed by atoms with Crippen molar-refractivity contribution in [1.29, 1.82) is 0 Å². The number of nitrogens with zero attached hydrogens (tertiary/aromatic N) is 2. The van der Waals surface area contributed by atoms with E-state index in [0.717, 1.165) is 18.7 Å². The molecule has 92 valence electrons. The molecule has 0 aliphatic carbocycles. The fourth-order valence-electron chi connectivity index (χ4n) is 1.34. The number of hydrogen-bond acceptors (Lipinski definition) is 2. The molecule has 1 aromatic heterocycles. The summed E-state index contributed by atoms with van der Waals surface area (Å²) in [5, 5.41) is 4.54. The van der Waals surface area contributed by atoms with Gasteiger partial charge in [-0.1, -0.05) is 20.8 Å². The summed E-state index contributed by atoms with van der Waals surface area (Å²) in [5.41, 5.74) is 1.06. The molecule has 0 saturated heterocycles. The number of rotatable bonds is 6. The first-order valence-corrected chi connectivity index (χ1v) is 6.94. The summed E-state index contributed by atoms with van der Waals surface area (Å²) < 4.78 is 8.91. The minimum absolute atomic E-state index is 0.311. The summed E-state index contributed by atoms with van der Waals surface area (Å²) in [5.74, 6) is 0.624. The highest BCUT2D eigenvalue weighted by Gasteiger charge is 2.09. The third kappa shape index (κ3) is 4.41. The molecule has 0 fully saturated rings. The van der Waals surface area contributed by atoms with Crippen LogP contribution in [0.4, 0.5) is 0 Å². The van der Waals surface area contributed by atoms with Crippen LogP contribution in [0.2, 0.25) is 0 Å². The van der Waals surface area contributed by atoms with Crippen LogP contribution in [-0.4, -0.2) is 15.9 Å². The predicted molar refractivity (Wildman–Crippen MR) is 74.3 cm³/mol. The van der Waals surface area contributed by atoms with Crippen molar-refractivity contribution in [2.45, 2.75) is 53.4 Å². The Kier molecular flexibility index (Phi) is 5.75. The summed E-state index contributed by atoms with van der Waals surface area (Å²) >= 11 is 2.32. The Bertz CT molecular complexity index is 323. The maximum absolute atomic E-state index is 5.70. The second-order valence-corrected chi connectivity index (χ2v) is 5.73. The molecule has 0 N–H and O–H groups in total. The van der Waals surface area contributed by atoms with Gasteiger partial charge in [-0.15, -0.1) is 0 Å². The number of halogens is 1. The average molecular weight is 336 g/mol. The van der Waals surface area contributed by atoms with Gasteiger partial charge in [0.05, 0.1) is 16.3 Å². The first-order valence-electron chi connectivity index (χ1n) is 5.86. The van der Waals surface area contributed by atoms with Gasteiger partial charge in [0.2, 0.25) is 0 Å². The molecular weight excluding hydrogens is 315 g/mol. The monoisotopic (exact) mass is 336 g/mol. The lowest BCUT2D eigenvalue weighted by molar-refractivity contribution is 0.0482. The molecule has 1 rings (SSSR count). The summed E-state index contributed by atoms with van der Waals surface area (Å²) in [6.45, 7) is 10.2.